The smallest absolute Gasteiger partial charge is 0.320 e. The Labute approximate surface area is 96.0 Å². The molecule has 0 spiro atoms. The molecule has 0 aliphatic rings. The van der Waals surface area contributed by atoms with Gasteiger partial charge in [-0.15, -0.1) is 12.3 Å². The maximum Gasteiger partial charge on any atom is 0.320 e. The van der Waals surface area contributed by atoms with Crippen LogP contribution in [0.15, 0.2) is 0 Å². The summed E-state index contributed by atoms with van der Waals surface area (Å²) in [7, 11) is 0. The molecule has 16 heavy (non-hydrogen) atoms. The quantitative estimate of drug-likeness (QED) is 0.425. The molecule has 3 atom stereocenters. The molecular formula is C12H18O4. The number of carboxylic acids is 1. The van der Waals surface area contributed by atoms with Crippen molar-refractivity contribution in [3.8, 4) is 12.3 Å². The van der Waals surface area contributed by atoms with E-state index in [-0.39, 0.29) is 12.5 Å². The molecule has 0 aliphatic heterocycles. The third-order valence-electron chi connectivity index (χ3n) is 2.42. The summed E-state index contributed by atoms with van der Waals surface area (Å²) in [5.41, 5.74) is 0. The van der Waals surface area contributed by atoms with Crippen LogP contribution in [0.2, 0.25) is 0 Å². The number of esters is 1. The molecule has 0 aromatic carbocycles. The second-order valence-corrected chi connectivity index (χ2v) is 3.86. The van der Waals surface area contributed by atoms with E-state index in [9.17, 15) is 9.59 Å². The number of hydrogen-bond acceptors (Lipinski definition) is 3. The Morgan fingerprint density at radius 1 is 1.44 bits per heavy atom. The van der Waals surface area contributed by atoms with Crippen LogP contribution in [0.3, 0.4) is 0 Å². The van der Waals surface area contributed by atoms with Gasteiger partial charge in [-0.2, -0.15) is 0 Å². The van der Waals surface area contributed by atoms with Gasteiger partial charge in [-0.3, -0.25) is 9.59 Å². The lowest BCUT2D eigenvalue weighted by Gasteiger charge is -2.19. The molecule has 0 aliphatic carbocycles. The summed E-state index contributed by atoms with van der Waals surface area (Å²) in [5, 5.41) is 8.96. The van der Waals surface area contributed by atoms with E-state index in [2.05, 4.69) is 5.92 Å². The van der Waals surface area contributed by atoms with Gasteiger partial charge in [0.25, 0.3) is 0 Å². The van der Waals surface area contributed by atoms with Crippen molar-refractivity contribution in [3.05, 3.63) is 0 Å². The minimum absolute atomic E-state index is 0.243. The van der Waals surface area contributed by atoms with Gasteiger partial charge in [-0.25, -0.2) is 0 Å². The number of carbonyl (C=O) groups is 2. The van der Waals surface area contributed by atoms with Crippen LogP contribution in [0, 0.1) is 24.2 Å². The van der Waals surface area contributed by atoms with Gasteiger partial charge in [0.05, 0.1) is 6.10 Å². The summed E-state index contributed by atoms with van der Waals surface area (Å²) in [6.07, 6.45) is 5.73. The van der Waals surface area contributed by atoms with Crippen LogP contribution >= 0.6 is 0 Å². The highest BCUT2D eigenvalue weighted by Gasteiger charge is 2.33. The zero-order valence-corrected chi connectivity index (χ0v) is 9.90. The van der Waals surface area contributed by atoms with Crippen LogP contribution in [0.4, 0.5) is 0 Å². The molecule has 0 radical (unpaired) electrons. The fourth-order valence-electron chi connectivity index (χ4n) is 1.24. The van der Waals surface area contributed by atoms with E-state index in [1.54, 1.807) is 13.8 Å². The molecule has 4 nitrogen and oxygen atoms in total. The number of carboxylic acid groups (broad SMARTS) is 1. The molecule has 0 amide bonds. The monoisotopic (exact) mass is 226 g/mol. The van der Waals surface area contributed by atoms with Crippen LogP contribution in [0.25, 0.3) is 0 Å². The third-order valence-corrected chi connectivity index (χ3v) is 2.42. The maximum atomic E-state index is 11.6. The highest BCUT2D eigenvalue weighted by Crippen LogP contribution is 2.18. The van der Waals surface area contributed by atoms with E-state index in [1.807, 2.05) is 6.92 Å². The van der Waals surface area contributed by atoms with Crippen molar-refractivity contribution in [2.24, 2.45) is 11.8 Å². The fourth-order valence-corrected chi connectivity index (χ4v) is 1.24. The average molecular weight is 226 g/mol. The second kappa shape index (κ2) is 6.89. The van der Waals surface area contributed by atoms with E-state index in [0.29, 0.717) is 6.42 Å². The number of aliphatic carboxylic acids is 1. The summed E-state index contributed by atoms with van der Waals surface area (Å²) in [6, 6.07) is 0. The predicted molar refractivity (Wildman–Crippen MR) is 59.6 cm³/mol. The van der Waals surface area contributed by atoms with Crippen molar-refractivity contribution in [3.63, 3.8) is 0 Å². The van der Waals surface area contributed by atoms with E-state index in [0.717, 1.165) is 0 Å². The van der Waals surface area contributed by atoms with Gasteiger partial charge in [0, 0.05) is 6.42 Å². The normalized spacial score (nSPS) is 15.6. The molecule has 0 aromatic rings. The van der Waals surface area contributed by atoms with Gasteiger partial charge in [0.1, 0.15) is 0 Å². The summed E-state index contributed by atoms with van der Waals surface area (Å²) < 4.78 is 5.00. The number of terminal acetylenes is 1. The second-order valence-electron chi connectivity index (χ2n) is 3.86. The first kappa shape index (κ1) is 14.5. The number of carbonyl (C=O) groups excluding carboxylic acids is 1. The van der Waals surface area contributed by atoms with Crippen LogP contribution < -0.4 is 0 Å². The van der Waals surface area contributed by atoms with Gasteiger partial charge < -0.3 is 9.84 Å². The molecule has 0 heterocycles. The highest BCUT2D eigenvalue weighted by atomic mass is 16.5. The van der Waals surface area contributed by atoms with Crippen molar-refractivity contribution < 1.29 is 19.4 Å². The van der Waals surface area contributed by atoms with Gasteiger partial charge >= 0.3 is 11.9 Å². The molecule has 0 bridgehead atoms. The summed E-state index contributed by atoms with van der Waals surface area (Å²) in [5.74, 6) is -1.13. The van der Waals surface area contributed by atoms with Gasteiger partial charge in [-0.05, 0) is 19.3 Å². The van der Waals surface area contributed by atoms with Gasteiger partial charge in [0.15, 0.2) is 5.92 Å². The SMILES string of the molecule is C#CCC(C)C(C(=O)O)C(=O)OC(C)CC. The van der Waals surface area contributed by atoms with Crippen molar-refractivity contribution in [2.75, 3.05) is 0 Å². The fraction of sp³-hybridized carbons (Fsp3) is 0.667. The number of rotatable bonds is 6. The molecule has 0 fully saturated rings. The largest absolute Gasteiger partial charge is 0.481 e. The minimum atomic E-state index is -1.18. The van der Waals surface area contributed by atoms with Crippen molar-refractivity contribution in [1.82, 2.24) is 0 Å². The summed E-state index contributed by atoms with van der Waals surface area (Å²) in [4.78, 5) is 22.6. The zero-order chi connectivity index (χ0) is 12.7. The van der Waals surface area contributed by atoms with Crippen LogP contribution in [-0.4, -0.2) is 23.1 Å². The Morgan fingerprint density at radius 3 is 2.38 bits per heavy atom. The van der Waals surface area contributed by atoms with E-state index in [4.69, 9.17) is 16.3 Å². The van der Waals surface area contributed by atoms with E-state index in [1.165, 1.54) is 0 Å². The van der Waals surface area contributed by atoms with Gasteiger partial charge in [0.2, 0.25) is 0 Å². The topological polar surface area (TPSA) is 63.6 Å². The Morgan fingerprint density at radius 2 is 2.00 bits per heavy atom. The first-order valence-electron chi connectivity index (χ1n) is 5.30. The van der Waals surface area contributed by atoms with Crippen LogP contribution in [-0.2, 0) is 14.3 Å². The molecule has 4 heteroatoms. The average Bonchev–Trinajstić information content (AvgIpc) is 2.17. The Kier molecular flexibility index (Phi) is 6.24. The predicted octanol–water partition coefficient (Wildman–Crippen LogP) is 1.69. The molecule has 0 saturated carbocycles. The minimum Gasteiger partial charge on any atom is -0.481 e. The Balaban J connectivity index is 4.60. The Bertz CT molecular complexity index is 290. The lowest BCUT2D eigenvalue weighted by molar-refractivity contribution is -0.164. The number of ether oxygens (including phenoxy) is 1. The maximum absolute atomic E-state index is 11.6. The van der Waals surface area contributed by atoms with Crippen molar-refractivity contribution >= 4 is 11.9 Å². The standard InChI is InChI=1S/C12H18O4/c1-5-7-8(3)10(11(13)14)12(15)16-9(4)6-2/h1,8-10H,6-7H2,2-4H3,(H,13,14). The first-order valence-corrected chi connectivity index (χ1v) is 5.30. The van der Waals surface area contributed by atoms with Crippen LogP contribution in [0.1, 0.15) is 33.6 Å². The molecule has 0 aromatic heterocycles. The molecule has 3 unspecified atom stereocenters. The molecule has 0 rings (SSSR count). The zero-order valence-electron chi connectivity index (χ0n) is 9.90. The lowest BCUT2D eigenvalue weighted by atomic mass is 9.91. The molecule has 1 N–H and O–H groups in total. The van der Waals surface area contributed by atoms with Crippen molar-refractivity contribution in [2.45, 2.75) is 39.7 Å². The first-order chi connectivity index (χ1) is 7.43. The molecular weight excluding hydrogens is 208 g/mol. The van der Waals surface area contributed by atoms with Gasteiger partial charge in [-0.1, -0.05) is 13.8 Å². The third kappa shape index (κ3) is 4.35. The van der Waals surface area contributed by atoms with E-state index < -0.39 is 23.8 Å². The Hall–Kier alpha value is -1.50. The van der Waals surface area contributed by atoms with E-state index >= 15 is 0 Å². The lowest BCUT2D eigenvalue weighted by Crippen LogP contribution is -2.33. The molecule has 90 valence electrons. The number of hydrogen-bond donors (Lipinski definition) is 1. The van der Waals surface area contributed by atoms with Crippen molar-refractivity contribution in [1.29, 1.82) is 0 Å². The summed E-state index contributed by atoms with van der Waals surface area (Å²) in [6.45, 7) is 5.22. The summed E-state index contributed by atoms with van der Waals surface area (Å²) >= 11 is 0. The highest BCUT2D eigenvalue weighted by molar-refractivity contribution is 5.94. The molecule has 0 saturated heterocycles. The van der Waals surface area contributed by atoms with Crippen LogP contribution in [0.5, 0.6) is 0 Å².